The fourth-order valence-electron chi connectivity index (χ4n) is 7.65. The SMILES string of the molecule is [2H]c1c([2H])c(-c2ccc3ccccc3c2)c([2H])c(N(c2ccc(-c3c(-c4ccccc4)ccc4ccccc34)cc2)c2c([2H])c([2H])c(-c3ccccc3)c([2H])c2-c2ccccc2)c1[2H]. The van der Waals surface area contributed by atoms with Gasteiger partial charge in [0.1, 0.15) is 0 Å². The largest absolute Gasteiger partial charge is 0.310 e. The van der Waals surface area contributed by atoms with Crippen molar-refractivity contribution in [2.24, 2.45) is 0 Å². The molecule has 0 heterocycles. The first kappa shape index (κ1) is 27.2. The molecule has 0 atom stereocenters. The zero-order chi connectivity index (χ0) is 44.1. The van der Waals surface area contributed by atoms with E-state index in [0.717, 1.165) is 43.8 Å². The molecule has 0 radical (unpaired) electrons. The lowest BCUT2D eigenvalue weighted by molar-refractivity contribution is 1.28. The van der Waals surface area contributed by atoms with Crippen LogP contribution in [-0.2, 0) is 0 Å². The molecule has 0 aliphatic rings. The van der Waals surface area contributed by atoms with Crippen molar-refractivity contribution >= 4 is 38.6 Å². The van der Waals surface area contributed by atoms with E-state index in [1.54, 1.807) is 4.90 Å². The monoisotopic (exact) mass is 732 g/mol. The van der Waals surface area contributed by atoms with Crippen molar-refractivity contribution in [2.45, 2.75) is 0 Å². The van der Waals surface area contributed by atoms with Crippen LogP contribution in [0.1, 0.15) is 9.60 Å². The fourth-order valence-corrected chi connectivity index (χ4v) is 7.65. The van der Waals surface area contributed by atoms with Gasteiger partial charge >= 0.3 is 0 Å². The average molecular weight is 733 g/mol. The smallest absolute Gasteiger partial charge is 0.0651 e. The summed E-state index contributed by atoms with van der Waals surface area (Å²) in [5.74, 6) is 0. The summed E-state index contributed by atoms with van der Waals surface area (Å²) >= 11 is 0. The summed E-state index contributed by atoms with van der Waals surface area (Å²) in [7, 11) is 0. The molecular weight excluding hydrogens is 687 g/mol. The van der Waals surface area contributed by atoms with E-state index in [-0.39, 0.29) is 64.8 Å². The molecule has 10 aromatic rings. The highest BCUT2D eigenvalue weighted by molar-refractivity contribution is 6.04. The predicted octanol–water partition coefficient (Wildman–Crippen LogP) is 15.8. The van der Waals surface area contributed by atoms with Crippen molar-refractivity contribution in [1.29, 1.82) is 0 Å². The lowest BCUT2D eigenvalue weighted by atomic mass is 9.89. The van der Waals surface area contributed by atoms with Crippen LogP contribution in [0.4, 0.5) is 17.1 Å². The number of nitrogens with zero attached hydrogens (tertiary/aromatic N) is 1. The summed E-state index contributed by atoms with van der Waals surface area (Å²) in [6, 6.07) is 60.8. The quantitative estimate of drug-likeness (QED) is 0.150. The third-order valence-corrected chi connectivity index (χ3v) is 10.4. The minimum atomic E-state index is -0.384. The minimum Gasteiger partial charge on any atom is -0.310 e. The molecule has 1 heteroatoms. The highest BCUT2D eigenvalue weighted by Gasteiger charge is 2.20. The molecule has 0 aliphatic heterocycles. The van der Waals surface area contributed by atoms with Crippen LogP contribution in [0.15, 0.2) is 236 Å². The molecule has 0 spiro atoms. The van der Waals surface area contributed by atoms with Gasteiger partial charge in [-0.25, -0.2) is 0 Å². The summed E-state index contributed by atoms with van der Waals surface area (Å²) in [6.45, 7) is 0. The van der Waals surface area contributed by atoms with E-state index >= 15 is 0 Å². The molecule has 0 unspecified atom stereocenters. The lowest BCUT2D eigenvalue weighted by Crippen LogP contribution is -2.11. The Labute approximate surface area is 344 Å². The van der Waals surface area contributed by atoms with E-state index in [0.29, 0.717) is 27.9 Å². The van der Waals surface area contributed by atoms with Crippen LogP contribution >= 0.6 is 0 Å². The summed E-state index contributed by atoms with van der Waals surface area (Å²) < 4.78 is 67.5. The van der Waals surface area contributed by atoms with E-state index < -0.39 is 0 Å². The van der Waals surface area contributed by atoms with Crippen molar-refractivity contribution in [1.82, 2.24) is 0 Å². The number of rotatable bonds is 8. The molecule has 1 nitrogen and oxygen atoms in total. The van der Waals surface area contributed by atoms with Gasteiger partial charge in [0.2, 0.25) is 0 Å². The van der Waals surface area contributed by atoms with Gasteiger partial charge in [0.15, 0.2) is 0 Å². The molecule has 57 heavy (non-hydrogen) atoms. The Morgan fingerprint density at radius 2 is 0.912 bits per heavy atom. The summed E-state index contributed by atoms with van der Waals surface area (Å²) in [5.41, 5.74) is 7.10. The third-order valence-electron chi connectivity index (χ3n) is 10.4. The molecule has 0 bridgehead atoms. The van der Waals surface area contributed by atoms with E-state index in [1.807, 2.05) is 158 Å². The maximum atomic E-state index is 10.00. The van der Waals surface area contributed by atoms with Crippen LogP contribution in [-0.4, -0.2) is 0 Å². The highest BCUT2D eigenvalue weighted by atomic mass is 15.1. The zero-order valence-corrected chi connectivity index (χ0v) is 30.9. The maximum absolute atomic E-state index is 10.00. The van der Waals surface area contributed by atoms with Gasteiger partial charge in [0, 0.05) is 16.9 Å². The maximum Gasteiger partial charge on any atom is 0.0651 e. The lowest BCUT2D eigenvalue weighted by Gasteiger charge is -2.29. The molecular formula is C56H39N. The Morgan fingerprint density at radius 1 is 0.333 bits per heavy atom. The first-order valence-electron chi connectivity index (χ1n) is 22.5. The molecule has 0 amide bonds. The molecule has 0 saturated heterocycles. The van der Waals surface area contributed by atoms with Gasteiger partial charge in [0.25, 0.3) is 0 Å². The normalized spacial score (nSPS) is 12.9. The Morgan fingerprint density at radius 3 is 1.65 bits per heavy atom. The number of benzene rings is 10. The number of fused-ring (bicyclic) bond motifs is 2. The van der Waals surface area contributed by atoms with Crippen molar-refractivity contribution in [3.8, 4) is 55.6 Å². The zero-order valence-electron chi connectivity index (χ0n) is 37.9. The first-order chi connectivity index (χ1) is 31.2. The molecule has 268 valence electrons. The average Bonchev–Trinajstić information content (AvgIpc) is 3.34. The van der Waals surface area contributed by atoms with Crippen LogP contribution in [0.25, 0.3) is 77.2 Å². The Hall–Kier alpha value is -7.48. The summed E-state index contributed by atoms with van der Waals surface area (Å²) in [4.78, 5) is 1.60. The van der Waals surface area contributed by atoms with Crippen LogP contribution in [0.2, 0.25) is 0 Å². The van der Waals surface area contributed by atoms with Crippen LogP contribution in [0, 0.1) is 0 Å². The van der Waals surface area contributed by atoms with Gasteiger partial charge in [-0.1, -0.05) is 194 Å². The summed E-state index contributed by atoms with van der Waals surface area (Å²) in [6.07, 6.45) is 0. The second-order valence-electron chi connectivity index (χ2n) is 13.9. The van der Waals surface area contributed by atoms with Gasteiger partial charge in [-0.05, 0) is 114 Å². The van der Waals surface area contributed by atoms with Gasteiger partial charge in [0.05, 0.1) is 15.3 Å². The van der Waals surface area contributed by atoms with Crippen molar-refractivity contribution < 1.29 is 9.60 Å². The van der Waals surface area contributed by atoms with E-state index in [1.165, 1.54) is 0 Å². The second kappa shape index (κ2) is 15.0. The van der Waals surface area contributed by atoms with Gasteiger partial charge < -0.3 is 4.90 Å². The van der Waals surface area contributed by atoms with E-state index in [9.17, 15) is 9.60 Å². The molecule has 10 rings (SSSR count). The van der Waals surface area contributed by atoms with Crippen LogP contribution in [0.3, 0.4) is 0 Å². The van der Waals surface area contributed by atoms with Crippen LogP contribution < -0.4 is 4.90 Å². The summed E-state index contributed by atoms with van der Waals surface area (Å²) in [5, 5.41) is 4.02. The molecule has 0 fully saturated rings. The van der Waals surface area contributed by atoms with Crippen molar-refractivity contribution in [3.63, 3.8) is 0 Å². The fraction of sp³-hybridized carbons (Fsp3) is 0. The molecule has 10 aromatic carbocycles. The second-order valence-corrected chi connectivity index (χ2v) is 13.9. The topological polar surface area (TPSA) is 3.24 Å². The number of anilines is 3. The third kappa shape index (κ3) is 6.66. The number of hydrogen-bond acceptors (Lipinski definition) is 1. The standard InChI is InChI=1S/C56H39N/c1-4-15-40(16-5-1)49-32-36-55(54(39-49)43-20-8-3-9-21-43)57(51-25-14-24-47(38-51)48-28-27-41-17-10-11-23-46(41)37-48)50-33-29-45(30-34-50)56-52-26-13-12-22-44(52)31-35-53(56)42-18-6-2-7-19-42/h1-39H/i14D,24D,25D,32D,36D,38D,39D. The minimum absolute atomic E-state index is 0.00861. The number of hydrogen-bond donors (Lipinski definition) is 0. The Balaban J connectivity index is 1.28. The highest BCUT2D eigenvalue weighted by Crippen LogP contribution is 2.45. The molecule has 0 aliphatic carbocycles. The predicted molar refractivity (Wildman–Crippen MR) is 243 cm³/mol. The van der Waals surface area contributed by atoms with Gasteiger partial charge in [-0.3, -0.25) is 0 Å². The van der Waals surface area contributed by atoms with Crippen molar-refractivity contribution in [2.75, 3.05) is 4.90 Å². The Bertz CT molecular complexity index is 3390. The molecule has 0 N–H and O–H groups in total. The Kier molecular flexibility index (Phi) is 7.14. The van der Waals surface area contributed by atoms with Gasteiger partial charge in [-0.15, -0.1) is 0 Å². The van der Waals surface area contributed by atoms with Crippen molar-refractivity contribution in [3.05, 3.63) is 236 Å². The molecule has 0 aromatic heterocycles. The van der Waals surface area contributed by atoms with Crippen LogP contribution in [0.5, 0.6) is 0 Å². The van der Waals surface area contributed by atoms with Gasteiger partial charge in [-0.2, -0.15) is 0 Å². The molecule has 0 saturated carbocycles. The van der Waals surface area contributed by atoms with E-state index in [4.69, 9.17) is 0 Å². The van der Waals surface area contributed by atoms with E-state index in [2.05, 4.69) is 36.4 Å². The first-order valence-corrected chi connectivity index (χ1v) is 19.0.